The molecule has 0 saturated carbocycles. The molecule has 0 unspecified atom stereocenters. The largest absolute Gasteiger partial charge is 0.384 e. The Kier molecular flexibility index (Phi) is 3.46. The van der Waals surface area contributed by atoms with E-state index in [1.54, 1.807) is 6.20 Å². The Labute approximate surface area is 117 Å². The molecule has 0 atom stereocenters. The minimum atomic E-state index is 0.880. The molecule has 20 heavy (non-hydrogen) atoms. The summed E-state index contributed by atoms with van der Waals surface area (Å²) < 4.78 is 0. The zero-order valence-electron chi connectivity index (χ0n) is 11.3. The zero-order valence-corrected chi connectivity index (χ0v) is 11.3. The number of nitrogens with one attached hydrogen (secondary N) is 2. The summed E-state index contributed by atoms with van der Waals surface area (Å²) in [5.41, 5.74) is 3.03. The molecule has 0 radical (unpaired) electrons. The molecule has 0 saturated heterocycles. The highest BCUT2D eigenvalue weighted by atomic mass is 14.9. The molecule has 100 valence electrons. The Bertz CT molecular complexity index is 719. The molecule has 2 N–H and O–H groups in total. The first-order valence-corrected chi connectivity index (χ1v) is 6.65. The minimum Gasteiger partial charge on any atom is -0.384 e. The average Bonchev–Trinajstić information content (AvgIpc) is 2.48. The van der Waals surface area contributed by atoms with Crippen molar-refractivity contribution >= 4 is 27.8 Å². The average molecular weight is 264 g/mol. The molecule has 0 amide bonds. The fraction of sp³-hybridized carbons (Fsp3) is 0.125. The summed E-state index contributed by atoms with van der Waals surface area (Å²) in [6, 6.07) is 10.2. The van der Waals surface area contributed by atoms with E-state index in [2.05, 4.69) is 45.7 Å². The summed E-state index contributed by atoms with van der Waals surface area (Å²) in [6.07, 6.45) is 7.32. The summed E-state index contributed by atoms with van der Waals surface area (Å²) >= 11 is 0. The molecule has 0 spiro atoms. The number of hydrogen-bond donors (Lipinski definition) is 2. The Morgan fingerprint density at radius 1 is 1.00 bits per heavy atom. The van der Waals surface area contributed by atoms with Gasteiger partial charge in [0, 0.05) is 35.4 Å². The fourth-order valence-corrected chi connectivity index (χ4v) is 2.20. The fourth-order valence-electron chi connectivity index (χ4n) is 2.20. The molecule has 0 aliphatic heterocycles. The van der Waals surface area contributed by atoms with Crippen molar-refractivity contribution in [2.24, 2.45) is 0 Å². The maximum Gasteiger partial charge on any atom is 0.0591 e. The quantitative estimate of drug-likeness (QED) is 0.752. The first kappa shape index (κ1) is 12.4. The zero-order chi connectivity index (χ0) is 13.8. The monoisotopic (exact) mass is 264 g/mol. The molecule has 0 fully saturated rings. The van der Waals surface area contributed by atoms with Gasteiger partial charge in [-0.3, -0.25) is 9.97 Å². The lowest BCUT2D eigenvalue weighted by molar-refractivity contribution is 1.19. The van der Waals surface area contributed by atoms with Crippen molar-refractivity contribution in [3.05, 3.63) is 55.1 Å². The van der Waals surface area contributed by atoms with E-state index >= 15 is 0 Å². The van der Waals surface area contributed by atoms with Gasteiger partial charge in [0.05, 0.1) is 23.8 Å². The first-order chi connectivity index (χ1) is 9.86. The van der Waals surface area contributed by atoms with Crippen molar-refractivity contribution < 1.29 is 0 Å². The maximum atomic E-state index is 4.24. The normalized spacial score (nSPS) is 10.4. The van der Waals surface area contributed by atoms with E-state index in [0.717, 1.165) is 34.4 Å². The first-order valence-electron chi connectivity index (χ1n) is 6.65. The molecule has 4 heteroatoms. The van der Waals surface area contributed by atoms with Crippen LogP contribution < -0.4 is 10.6 Å². The van der Waals surface area contributed by atoms with Crippen molar-refractivity contribution in [3.63, 3.8) is 0 Å². The lowest BCUT2D eigenvalue weighted by atomic mass is 10.1. The molecule has 0 aliphatic rings. The SMILES string of the molecule is CCNc1cncc(Nc2cccc3cnccc23)c1. The Morgan fingerprint density at radius 2 is 1.90 bits per heavy atom. The molecular formula is C16H16N4. The van der Waals surface area contributed by atoms with E-state index in [4.69, 9.17) is 0 Å². The highest BCUT2D eigenvalue weighted by molar-refractivity contribution is 5.94. The summed E-state index contributed by atoms with van der Waals surface area (Å²) in [7, 11) is 0. The number of benzene rings is 1. The summed E-state index contributed by atoms with van der Waals surface area (Å²) in [6.45, 7) is 2.95. The van der Waals surface area contributed by atoms with E-state index in [-0.39, 0.29) is 0 Å². The van der Waals surface area contributed by atoms with Crippen molar-refractivity contribution in [2.75, 3.05) is 17.2 Å². The number of fused-ring (bicyclic) bond motifs is 1. The summed E-state index contributed by atoms with van der Waals surface area (Å²) in [4.78, 5) is 8.39. The second-order valence-electron chi connectivity index (χ2n) is 4.52. The minimum absolute atomic E-state index is 0.880. The van der Waals surface area contributed by atoms with Crippen LogP contribution in [0.25, 0.3) is 10.8 Å². The molecular weight excluding hydrogens is 248 g/mol. The van der Waals surface area contributed by atoms with Gasteiger partial charge in [-0.25, -0.2) is 0 Å². The van der Waals surface area contributed by atoms with Crippen LogP contribution in [0.5, 0.6) is 0 Å². The number of hydrogen-bond acceptors (Lipinski definition) is 4. The van der Waals surface area contributed by atoms with Crippen LogP contribution in [0.15, 0.2) is 55.1 Å². The standard InChI is InChI=1S/C16H16N4/c1-2-19-13-8-14(11-18-10-13)20-16-5-3-4-12-9-17-7-6-15(12)16/h3-11,19-20H,2H2,1H3. The van der Waals surface area contributed by atoms with Crippen LogP contribution in [-0.2, 0) is 0 Å². The van der Waals surface area contributed by atoms with Crippen LogP contribution in [0.1, 0.15) is 6.92 Å². The van der Waals surface area contributed by atoms with Gasteiger partial charge >= 0.3 is 0 Å². The van der Waals surface area contributed by atoms with Crippen LogP contribution >= 0.6 is 0 Å². The molecule has 3 rings (SSSR count). The van der Waals surface area contributed by atoms with Crippen LogP contribution in [0.2, 0.25) is 0 Å². The maximum absolute atomic E-state index is 4.24. The third-order valence-corrected chi connectivity index (χ3v) is 3.08. The van der Waals surface area contributed by atoms with E-state index in [1.165, 1.54) is 0 Å². The van der Waals surface area contributed by atoms with Crippen molar-refractivity contribution in [1.29, 1.82) is 0 Å². The van der Waals surface area contributed by atoms with Gasteiger partial charge in [-0.1, -0.05) is 12.1 Å². The molecule has 0 aliphatic carbocycles. The number of anilines is 3. The second-order valence-corrected chi connectivity index (χ2v) is 4.52. The predicted octanol–water partition coefficient (Wildman–Crippen LogP) is 3.81. The third kappa shape index (κ3) is 2.54. The van der Waals surface area contributed by atoms with Gasteiger partial charge in [0.25, 0.3) is 0 Å². The van der Waals surface area contributed by atoms with E-state index in [1.807, 2.05) is 30.7 Å². The summed E-state index contributed by atoms with van der Waals surface area (Å²) in [5, 5.41) is 8.94. The van der Waals surface area contributed by atoms with Crippen LogP contribution in [0.3, 0.4) is 0 Å². The van der Waals surface area contributed by atoms with Crippen LogP contribution in [0, 0.1) is 0 Å². The highest BCUT2D eigenvalue weighted by Crippen LogP contribution is 2.26. The van der Waals surface area contributed by atoms with E-state index in [9.17, 15) is 0 Å². The lowest BCUT2D eigenvalue weighted by Crippen LogP contribution is -1.98. The molecule has 2 heterocycles. The number of nitrogens with zero attached hydrogens (tertiary/aromatic N) is 2. The van der Waals surface area contributed by atoms with Gasteiger partial charge in [-0.15, -0.1) is 0 Å². The van der Waals surface area contributed by atoms with Crippen molar-refractivity contribution in [2.45, 2.75) is 6.92 Å². The van der Waals surface area contributed by atoms with Gasteiger partial charge in [-0.2, -0.15) is 0 Å². The summed E-state index contributed by atoms with van der Waals surface area (Å²) in [5.74, 6) is 0. The highest BCUT2D eigenvalue weighted by Gasteiger charge is 2.02. The molecule has 0 bridgehead atoms. The molecule has 1 aromatic carbocycles. The van der Waals surface area contributed by atoms with Crippen molar-refractivity contribution in [3.8, 4) is 0 Å². The third-order valence-electron chi connectivity index (χ3n) is 3.08. The topological polar surface area (TPSA) is 49.8 Å². The van der Waals surface area contributed by atoms with E-state index < -0.39 is 0 Å². The van der Waals surface area contributed by atoms with E-state index in [0.29, 0.717) is 0 Å². The number of rotatable bonds is 4. The Balaban J connectivity index is 1.95. The molecule has 2 aromatic heterocycles. The molecule has 4 nitrogen and oxygen atoms in total. The van der Waals surface area contributed by atoms with Crippen LogP contribution in [0.4, 0.5) is 17.1 Å². The van der Waals surface area contributed by atoms with Gasteiger partial charge in [0.2, 0.25) is 0 Å². The van der Waals surface area contributed by atoms with Gasteiger partial charge < -0.3 is 10.6 Å². The lowest BCUT2D eigenvalue weighted by Gasteiger charge is -2.10. The van der Waals surface area contributed by atoms with Gasteiger partial charge in [0.15, 0.2) is 0 Å². The van der Waals surface area contributed by atoms with Crippen LogP contribution in [-0.4, -0.2) is 16.5 Å². The Hall–Kier alpha value is -2.62. The number of pyridine rings is 2. The van der Waals surface area contributed by atoms with Gasteiger partial charge in [-0.05, 0) is 25.1 Å². The Morgan fingerprint density at radius 3 is 2.80 bits per heavy atom. The smallest absolute Gasteiger partial charge is 0.0591 e. The second kappa shape index (κ2) is 5.57. The van der Waals surface area contributed by atoms with Crippen molar-refractivity contribution in [1.82, 2.24) is 9.97 Å². The molecule has 3 aromatic rings. The number of aromatic nitrogens is 2. The van der Waals surface area contributed by atoms with Gasteiger partial charge in [0.1, 0.15) is 0 Å². The predicted molar refractivity (Wildman–Crippen MR) is 83.4 cm³/mol.